The summed E-state index contributed by atoms with van der Waals surface area (Å²) in [7, 11) is 0. The summed E-state index contributed by atoms with van der Waals surface area (Å²) >= 11 is 8.35. The summed E-state index contributed by atoms with van der Waals surface area (Å²) in [5.41, 5.74) is 4.00. The molecular formula is C14H20ClNS. The fourth-order valence-electron chi connectivity index (χ4n) is 2.37. The predicted octanol–water partition coefficient (Wildman–Crippen LogP) is 4.32. The van der Waals surface area contributed by atoms with E-state index in [4.69, 9.17) is 11.6 Å². The third kappa shape index (κ3) is 2.81. The van der Waals surface area contributed by atoms with Crippen LogP contribution in [0.2, 0.25) is 5.02 Å². The molecule has 0 fully saturated rings. The lowest BCUT2D eigenvalue weighted by Gasteiger charge is -2.32. The number of thioether (sulfide) groups is 1. The van der Waals surface area contributed by atoms with Gasteiger partial charge in [0.2, 0.25) is 0 Å². The quantitative estimate of drug-likeness (QED) is 0.877. The van der Waals surface area contributed by atoms with Crippen molar-refractivity contribution in [3.8, 4) is 0 Å². The Balaban J connectivity index is 2.36. The highest BCUT2D eigenvalue weighted by Crippen LogP contribution is 2.40. The van der Waals surface area contributed by atoms with Crippen LogP contribution in [0.4, 0.5) is 0 Å². The van der Waals surface area contributed by atoms with Crippen LogP contribution in [-0.4, -0.2) is 11.8 Å². The summed E-state index contributed by atoms with van der Waals surface area (Å²) in [6.45, 7) is 7.70. The smallest absolute Gasteiger partial charge is 0.0452 e. The van der Waals surface area contributed by atoms with Gasteiger partial charge in [0.25, 0.3) is 0 Å². The van der Waals surface area contributed by atoms with Crippen LogP contribution in [0.1, 0.15) is 43.0 Å². The SMILES string of the molecule is CCCNC1c2cc(C)cc(Cl)c2CSC1C. The fraction of sp³-hybridized carbons (Fsp3) is 0.571. The Morgan fingerprint density at radius 3 is 2.94 bits per heavy atom. The second-order valence-electron chi connectivity index (χ2n) is 4.76. The Kier molecular flexibility index (Phi) is 4.40. The summed E-state index contributed by atoms with van der Waals surface area (Å²) < 4.78 is 0. The van der Waals surface area contributed by atoms with Crippen molar-refractivity contribution in [2.45, 2.75) is 44.2 Å². The van der Waals surface area contributed by atoms with Gasteiger partial charge in [-0.15, -0.1) is 0 Å². The molecule has 1 heterocycles. The zero-order chi connectivity index (χ0) is 12.4. The average Bonchev–Trinajstić information content (AvgIpc) is 2.27. The van der Waals surface area contributed by atoms with Crippen molar-refractivity contribution < 1.29 is 0 Å². The summed E-state index contributed by atoms with van der Waals surface area (Å²) in [4.78, 5) is 0. The number of benzene rings is 1. The topological polar surface area (TPSA) is 12.0 Å². The van der Waals surface area contributed by atoms with Gasteiger partial charge < -0.3 is 5.32 Å². The van der Waals surface area contributed by atoms with Gasteiger partial charge in [-0.3, -0.25) is 0 Å². The molecule has 0 saturated heterocycles. The molecule has 0 aromatic heterocycles. The third-order valence-corrected chi connectivity index (χ3v) is 4.87. The standard InChI is InChI=1S/C14H20ClNS/c1-4-5-16-14-10(3)17-8-12-11(14)6-9(2)7-13(12)15/h6-7,10,14,16H,4-5,8H2,1-3H3. The Hall–Kier alpha value is -0.180. The van der Waals surface area contributed by atoms with Gasteiger partial charge in [0, 0.05) is 22.1 Å². The van der Waals surface area contributed by atoms with Gasteiger partial charge in [0.05, 0.1) is 0 Å². The van der Waals surface area contributed by atoms with E-state index in [-0.39, 0.29) is 0 Å². The largest absolute Gasteiger partial charge is 0.309 e. The molecule has 1 aliphatic rings. The normalized spacial score (nSPS) is 23.5. The third-order valence-electron chi connectivity index (χ3n) is 3.28. The minimum Gasteiger partial charge on any atom is -0.309 e. The molecule has 1 N–H and O–H groups in total. The highest BCUT2D eigenvalue weighted by molar-refractivity contribution is 7.99. The molecule has 1 aromatic rings. The fourth-order valence-corrected chi connectivity index (χ4v) is 3.98. The maximum absolute atomic E-state index is 6.35. The molecule has 2 atom stereocenters. The Bertz CT molecular complexity index is 405. The molecule has 2 unspecified atom stereocenters. The molecule has 0 amide bonds. The second-order valence-corrected chi connectivity index (χ2v) is 6.54. The lowest BCUT2D eigenvalue weighted by atomic mass is 9.96. The van der Waals surface area contributed by atoms with Gasteiger partial charge in [0.1, 0.15) is 0 Å². The van der Waals surface area contributed by atoms with Crippen LogP contribution in [0.15, 0.2) is 12.1 Å². The predicted molar refractivity (Wildman–Crippen MR) is 78.0 cm³/mol. The van der Waals surface area contributed by atoms with Crippen LogP contribution in [0, 0.1) is 6.92 Å². The maximum Gasteiger partial charge on any atom is 0.0452 e. The molecule has 0 bridgehead atoms. The van der Waals surface area contributed by atoms with Gasteiger partial charge in [0.15, 0.2) is 0 Å². The van der Waals surface area contributed by atoms with Gasteiger partial charge in [-0.25, -0.2) is 0 Å². The van der Waals surface area contributed by atoms with E-state index in [1.807, 2.05) is 11.8 Å². The zero-order valence-corrected chi connectivity index (χ0v) is 12.3. The van der Waals surface area contributed by atoms with Crippen molar-refractivity contribution in [3.63, 3.8) is 0 Å². The highest BCUT2D eigenvalue weighted by Gasteiger charge is 2.27. The molecule has 3 heteroatoms. The lowest BCUT2D eigenvalue weighted by molar-refractivity contribution is 0.520. The number of halogens is 1. The molecule has 17 heavy (non-hydrogen) atoms. The zero-order valence-electron chi connectivity index (χ0n) is 10.7. The first-order valence-electron chi connectivity index (χ1n) is 6.27. The monoisotopic (exact) mass is 269 g/mol. The van der Waals surface area contributed by atoms with Crippen molar-refractivity contribution in [1.82, 2.24) is 5.32 Å². The minimum absolute atomic E-state index is 0.445. The summed E-state index contributed by atoms with van der Waals surface area (Å²) in [6, 6.07) is 4.82. The first-order chi connectivity index (χ1) is 8.13. The van der Waals surface area contributed by atoms with Crippen LogP contribution in [0.3, 0.4) is 0 Å². The lowest BCUT2D eigenvalue weighted by Crippen LogP contribution is -2.32. The van der Waals surface area contributed by atoms with Crippen molar-refractivity contribution in [1.29, 1.82) is 0 Å². The number of rotatable bonds is 3. The van der Waals surface area contributed by atoms with Crippen molar-refractivity contribution in [2.75, 3.05) is 6.54 Å². The summed E-state index contributed by atoms with van der Waals surface area (Å²) in [6.07, 6.45) is 1.17. The number of aryl methyl sites for hydroxylation is 1. The summed E-state index contributed by atoms with van der Waals surface area (Å²) in [5.74, 6) is 1.04. The van der Waals surface area contributed by atoms with Crippen LogP contribution < -0.4 is 5.32 Å². The van der Waals surface area contributed by atoms with Crippen molar-refractivity contribution in [2.24, 2.45) is 0 Å². The molecule has 1 aliphatic heterocycles. The van der Waals surface area contributed by atoms with Crippen LogP contribution in [0.5, 0.6) is 0 Å². The van der Waals surface area contributed by atoms with E-state index in [1.54, 1.807) is 0 Å². The first-order valence-corrected chi connectivity index (χ1v) is 7.70. The molecule has 2 rings (SSSR count). The molecule has 1 nitrogen and oxygen atoms in total. The molecule has 94 valence electrons. The van der Waals surface area contributed by atoms with E-state index in [0.29, 0.717) is 11.3 Å². The van der Waals surface area contributed by atoms with Gasteiger partial charge in [-0.2, -0.15) is 11.8 Å². The van der Waals surface area contributed by atoms with Crippen LogP contribution in [0.25, 0.3) is 0 Å². The van der Waals surface area contributed by atoms with E-state index in [2.05, 4.69) is 38.2 Å². The number of nitrogens with one attached hydrogen (secondary N) is 1. The second kappa shape index (κ2) is 5.64. The Morgan fingerprint density at radius 2 is 2.24 bits per heavy atom. The van der Waals surface area contributed by atoms with Gasteiger partial charge >= 0.3 is 0 Å². The number of hydrogen-bond acceptors (Lipinski definition) is 2. The Morgan fingerprint density at radius 1 is 1.47 bits per heavy atom. The average molecular weight is 270 g/mol. The van der Waals surface area contributed by atoms with Crippen molar-refractivity contribution >= 4 is 23.4 Å². The molecule has 0 spiro atoms. The van der Waals surface area contributed by atoms with Crippen LogP contribution in [-0.2, 0) is 5.75 Å². The summed E-state index contributed by atoms with van der Waals surface area (Å²) in [5, 5.41) is 5.20. The molecular weight excluding hydrogens is 250 g/mol. The number of fused-ring (bicyclic) bond motifs is 1. The van der Waals surface area contributed by atoms with E-state index >= 15 is 0 Å². The van der Waals surface area contributed by atoms with E-state index < -0.39 is 0 Å². The minimum atomic E-state index is 0.445. The van der Waals surface area contributed by atoms with Gasteiger partial charge in [-0.1, -0.05) is 31.5 Å². The molecule has 0 saturated carbocycles. The maximum atomic E-state index is 6.35. The molecule has 0 aliphatic carbocycles. The van der Waals surface area contributed by atoms with E-state index in [0.717, 1.165) is 17.3 Å². The molecule has 0 radical (unpaired) electrons. The van der Waals surface area contributed by atoms with Crippen LogP contribution >= 0.6 is 23.4 Å². The van der Waals surface area contributed by atoms with Gasteiger partial charge in [-0.05, 0) is 42.6 Å². The molecule has 1 aromatic carbocycles. The van der Waals surface area contributed by atoms with Crippen molar-refractivity contribution in [3.05, 3.63) is 33.8 Å². The highest BCUT2D eigenvalue weighted by atomic mass is 35.5. The van der Waals surface area contributed by atoms with E-state index in [1.165, 1.54) is 23.1 Å². The Labute approximate surface area is 113 Å². The van der Waals surface area contributed by atoms with E-state index in [9.17, 15) is 0 Å². The first kappa shape index (κ1) is 13.3. The number of hydrogen-bond donors (Lipinski definition) is 1.